The molecule has 12 heteroatoms. The van der Waals surface area contributed by atoms with Gasteiger partial charge in [0.25, 0.3) is 5.69 Å². The molecule has 0 aliphatic rings. The maximum absolute atomic E-state index is 12.7. The fraction of sp³-hybridized carbons (Fsp3) is 0.167. The van der Waals surface area contributed by atoms with Crippen molar-refractivity contribution in [3.8, 4) is 0 Å². The molecule has 0 spiro atoms. The van der Waals surface area contributed by atoms with Crippen molar-refractivity contribution >= 4 is 41.0 Å². The number of non-ortho nitro benzene ring substituents is 1. The summed E-state index contributed by atoms with van der Waals surface area (Å²) in [5.74, 6) is -1.32. The van der Waals surface area contributed by atoms with Gasteiger partial charge in [-0.3, -0.25) is 19.7 Å². The number of halogens is 4. The number of alkyl halides is 3. The fourth-order valence-electron chi connectivity index (χ4n) is 2.15. The first kappa shape index (κ1) is 22.8. The van der Waals surface area contributed by atoms with Crippen molar-refractivity contribution in [3.63, 3.8) is 0 Å². The molecule has 0 saturated carbocycles. The third-order valence-corrected chi connectivity index (χ3v) is 3.98. The zero-order chi connectivity index (χ0) is 22.3. The molecule has 0 fully saturated rings. The topological polar surface area (TPSA) is 114 Å². The number of hydrogen-bond donors (Lipinski definition) is 2. The highest BCUT2D eigenvalue weighted by Crippen LogP contribution is 2.33. The first-order valence-corrected chi connectivity index (χ1v) is 8.67. The number of carbonyl (C=O) groups excluding carboxylic acids is 2. The van der Waals surface area contributed by atoms with E-state index in [0.717, 1.165) is 12.1 Å². The van der Waals surface area contributed by atoms with Crippen LogP contribution >= 0.6 is 11.6 Å². The standard InChI is InChI=1S/C18H14ClF3N4O4/c19-14-6-3-12(18(20,21)22)9-15(14)24-16(27)7-8-17(28)25-23-10-11-1-4-13(5-2-11)26(29)30/h1-6,9-10H,7-8H2,(H,24,27)(H,25,28). The molecule has 2 aromatic carbocycles. The van der Waals surface area contributed by atoms with E-state index in [4.69, 9.17) is 11.6 Å². The van der Waals surface area contributed by atoms with Gasteiger partial charge in [-0.25, -0.2) is 5.43 Å². The number of carbonyl (C=O) groups is 2. The second kappa shape index (κ2) is 9.83. The summed E-state index contributed by atoms with van der Waals surface area (Å²) in [6.45, 7) is 0. The number of nitro groups is 1. The number of anilines is 1. The minimum Gasteiger partial charge on any atom is -0.325 e. The van der Waals surface area contributed by atoms with Crippen molar-refractivity contribution in [2.75, 3.05) is 5.32 Å². The first-order valence-electron chi connectivity index (χ1n) is 8.29. The fourth-order valence-corrected chi connectivity index (χ4v) is 2.32. The van der Waals surface area contributed by atoms with Gasteiger partial charge in [0.05, 0.1) is 27.4 Å². The Morgan fingerprint density at radius 1 is 1.10 bits per heavy atom. The van der Waals surface area contributed by atoms with Crippen LogP contribution in [0.3, 0.4) is 0 Å². The van der Waals surface area contributed by atoms with E-state index in [1.54, 1.807) is 0 Å². The average molecular weight is 443 g/mol. The van der Waals surface area contributed by atoms with Gasteiger partial charge >= 0.3 is 6.18 Å². The van der Waals surface area contributed by atoms with Crippen LogP contribution in [0.25, 0.3) is 0 Å². The molecule has 0 unspecified atom stereocenters. The highest BCUT2D eigenvalue weighted by atomic mass is 35.5. The molecule has 8 nitrogen and oxygen atoms in total. The number of nitrogens with zero attached hydrogens (tertiary/aromatic N) is 2. The summed E-state index contributed by atoms with van der Waals surface area (Å²) in [6, 6.07) is 7.90. The number of nitrogens with one attached hydrogen (secondary N) is 2. The zero-order valence-corrected chi connectivity index (χ0v) is 15.8. The van der Waals surface area contributed by atoms with Crippen LogP contribution in [0.5, 0.6) is 0 Å². The predicted octanol–water partition coefficient (Wildman–Crippen LogP) is 4.14. The van der Waals surface area contributed by atoms with Gasteiger partial charge in [-0.05, 0) is 35.9 Å². The van der Waals surface area contributed by atoms with E-state index in [-0.39, 0.29) is 29.2 Å². The Labute approximate surface area is 172 Å². The molecule has 0 bridgehead atoms. The van der Waals surface area contributed by atoms with Crippen LogP contribution < -0.4 is 10.7 Å². The summed E-state index contributed by atoms with van der Waals surface area (Å²) in [7, 11) is 0. The van der Waals surface area contributed by atoms with E-state index in [0.29, 0.717) is 11.6 Å². The van der Waals surface area contributed by atoms with E-state index in [9.17, 15) is 32.9 Å². The van der Waals surface area contributed by atoms with Gasteiger partial charge in [-0.15, -0.1) is 0 Å². The molecule has 0 atom stereocenters. The normalized spacial score (nSPS) is 11.3. The number of nitro benzene ring substituents is 1. The number of hydrazone groups is 1. The molecule has 0 heterocycles. The van der Waals surface area contributed by atoms with Crippen LogP contribution in [0.4, 0.5) is 24.5 Å². The summed E-state index contributed by atoms with van der Waals surface area (Å²) in [5.41, 5.74) is 1.39. The smallest absolute Gasteiger partial charge is 0.325 e. The van der Waals surface area contributed by atoms with Gasteiger partial charge in [0.2, 0.25) is 11.8 Å². The molecule has 0 radical (unpaired) electrons. The molecular formula is C18H14ClF3N4O4. The first-order chi connectivity index (χ1) is 14.1. The van der Waals surface area contributed by atoms with Crippen molar-refractivity contribution < 1.29 is 27.7 Å². The second-order valence-electron chi connectivity index (χ2n) is 5.88. The van der Waals surface area contributed by atoms with E-state index in [2.05, 4.69) is 15.8 Å². The van der Waals surface area contributed by atoms with Crippen molar-refractivity contribution in [3.05, 3.63) is 68.7 Å². The van der Waals surface area contributed by atoms with Gasteiger partial charge in [-0.1, -0.05) is 11.6 Å². The number of rotatable bonds is 7. The molecule has 0 aliphatic heterocycles. The molecule has 0 aliphatic carbocycles. The minimum absolute atomic E-state index is 0.0755. The predicted molar refractivity (Wildman–Crippen MR) is 103 cm³/mol. The SMILES string of the molecule is O=C(CCC(=O)Nc1cc(C(F)(F)F)ccc1Cl)NN=Cc1ccc([N+](=O)[O-])cc1. The average Bonchev–Trinajstić information content (AvgIpc) is 2.67. The third kappa shape index (κ3) is 6.85. The number of benzene rings is 2. The van der Waals surface area contributed by atoms with Crippen LogP contribution in [0.1, 0.15) is 24.0 Å². The third-order valence-electron chi connectivity index (χ3n) is 3.65. The second-order valence-corrected chi connectivity index (χ2v) is 6.29. The monoisotopic (exact) mass is 442 g/mol. The number of amides is 2. The highest BCUT2D eigenvalue weighted by molar-refractivity contribution is 6.33. The largest absolute Gasteiger partial charge is 0.416 e. The van der Waals surface area contributed by atoms with Gasteiger partial charge in [0.15, 0.2) is 0 Å². The molecule has 30 heavy (non-hydrogen) atoms. The van der Waals surface area contributed by atoms with Crippen LogP contribution in [0.15, 0.2) is 47.6 Å². The summed E-state index contributed by atoms with van der Waals surface area (Å²) in [6.07, 6.45) is -3.93. The molecule has 0 saturated heterocycles. The lowest BCUT2D eigenvalue weighted by Gasteiger charge is -2.11. The summed E-state index contributed by atoms with van der Waals surface area (Å²) in [5, 5.41) is 16.4. The Morgan fingerprint density at radius 2 is 1.73 bits per heavy atom. The van der Waals surface area contributed by atoms with E-state index in [1.165, 1.54) is 30.5 Å². The van der Waals surface area contributed by atoms with Gasteiger partial charge in [0.1, 0.15) is 0 Å². The molecule has 2 rings (SSSR count). The lowest BCUT2D eigenvalue weighted by atomic mass is 10.2. The maximum Gasteiger partial charge on any atom is 0.416 e. The van der Waals surface area contributed by atoms with Crippen LogP contribution in [-0.4, -0.2) is 23.0 Å². The zero-order valence-electron chi connectivity index (χ0n) is 15.1. The molecular weight excluding hydrogens is 429 g/mol. The lowest BCUT2D eigenvalue weighted by molar-refractivity contribution is -0.384. The van der Waals surface area contributed by atoms with Gasteiger partial charge < -0.3 is 5.32 Å². The van der Waals surface area contributed by atoms with Crippen LogP contribution in [0.2, 0.25) is 5.02 Å². The van der Waals surface area contributed by atoms with E-state index in [1.807, 2.05) is 0 Å². The Morgan fingerprint density at radius 3 is 2.33 bits per heavy atom. The molecule has 2 aromatic rings. The Balaban J connectivity index is 1.83. The molecule has 2 N–H and O–H groups in total. The van der Waals surface area contributed by atoms with Crippen molar-refractivity contribution in [1.82, 2.24) is 5.43 Å². The van der Waals surface area contributed by atoms with Crippen molar-refractivity contribution in [2.24, 2.45) is 5.10 Å². The van der Waals surface area contributed by atoms with Crippen LogP contribution in [0, 0.1) is 10.1 Å². The Kier molecular flexibility index (Phi) is 7.48. The van der Waals surface area contributed by atoms with Crippen molar-refractivity contribution in [1.29, 1.82) is 0 Å². The Hall–Kier alpha value is -3.47. The van der Waals surface area contributed by atoms with Gasteiger partial charge in [-0.2, -0.15) is 18.3 Å². The van der Waals surface area contributed by atoms with Crippen LogP contribution in [-0.2, 0) is 15.8 Å². The lowest BCUT2D eigenvalue weighted by Crippen LogP contribution is -2.21. The summed E-state index contributed by atoms with van der Waals surface area (Å²) in [4.78, 5) is 33.6. The van der Waals surface area contributed by atoms with E-state index < -0.39 is 28.5 Å². The summed E-state index contributed by atoms with van der Waals surface area (Å²) >= 11 is 5.79. The van der Waals surface area contributed by atoms with Gasteiger partial charge in [0, 0.05) is 25.0 Å². The number of hydrogen-bond acceptors (Lipinski definition) is 5. The molecule has 158 valence electrons. The minimum atomic E-state index is -4.59. The Bertz CT molecular complexity index is 978. The molecule has 0 aromatic heterocycles. The molecule has 2 amide bonds. The maximum atomic E-state index is 12.7. The van der Waals surface area contributed by atoms with Crippen molar-refractivity contribution in [2.45, 2.75) is 19.0 Å². The van der Waals surface area contributed by atoms with E-state index >= 15 is 0 Å². The quantitative estimate of drug-likeness (QED) is 0.381. The highest BCUT2D eigenvalue weighted by Gasteiger charge is 2.31. The summed E-state index contributed by atoms with van der Waals surface area (Å²) < 4.78 is 38.2.